The van der Waals surface area contributed by atoms with Crippen LogP contribution in [0.3, 0.4) is 0 Å². The minimum Gasteiger partial charge on any atom is -0.490 e. The molecule has 1 N–H and O–H groups in total. The number of carbonyl (C=O) groups excluding carboxylic acids is 1. The molecule has 30 heavy (non-hydrogen) atoms. The van der Waals surface area contributed by atoms with Crippen molar-refractivity contribution < 1.29 is 18.7 Å². The van der Waals surface area contributed by atoms with Crippen molar-refractivity contribution in [3.8, 4) is 11.5 Å². The molecule has 10 heteroatoms. The van der Waals surface area contributed by atoms with Crippen LogP contribution in [0.2, 0.25) is 5.02 Å². The number of benzene rings is 2. The van der Waals surface area contributed by atoms with Crippen molar-refractivity contribution in [3.05, 3.63) is 63.1 Å². The van der Waals surface area contributed by atoms with Crippen LogP contribution in [-0.4, -0.2) is 27.3 Å². The van der Waals surface area contributed by atoms with Crippen molar-refractivity contribution in [1.29, 1.82) is 0 Å². The van der Waals surface area contributed by atoms with Crippen LogP contribution in [0.15, 0.2) is 41.1 Å². The van der Waals surface area contributed by atoms with Crippen molar-refractivity contribution in [2.45, 2.75) is 26.0 Å². The van der Waals surface area contributed by atoms with Crippen molar-refractivity contribution >= 4 is 39.4 Å². The van der Waals surface area contributed by atoms with Crippen LogP contribution in [0.1, 0.15) is 30.5 Å². The lowest BCUT2D eigenvalue weighted by Gasteiger charge is -2.25. The quantitative estimate of drug-likeness (QED) is 0.534. The number of hydrogen-bond acceptors (Lipinski definition) is 5. The van der Waals surface area contributed by atoms with E-state index in [-0.39, 0.29) is 35.6 Å². The maximum atomic E-state index is 14.1. The number of nitrogens with one attached hydrogen (secondary N) is 1. The topological polar surface area (TPSA) is 78.3 Å². The second-order valence-electron chi connectivity index (χ2n) is 6.55. The highest BCUT2D eigenvalue weighted by Crippen LogP contribution is 2.41. The van der Waals surface area contributed by atoms with Gasteiger partial charge in [0.25, 0.3) is 0 Å². The van der Waals surface area contributed by atoms with Gasteiger partial charge in [0, 0.05) is 5.56 Å². The Morgan fingerprint density at radius 1 is 1.37 bits per heavy atom. The Bertz CT molecular complexity index is 1090. The van der Waals surface area contributed by atoms with Crippen molar-refractivity contribution in [2.24, 2.45) is 0 Å². The first-order chi connectivity index (χ1) is 14.5. The summed E-state index contributed by atoms with van der Waals surface area (Å²) in [4.78, 5) is 16.2. The molecule has 1 unspecified atom stereocenters. The van der Waals surface area contributed by atoms with Gasteiger partial charge in [-0.2, -0.15) is 10.1 Å². The van der Waals surface area contributed by atoms with Gasteiger partial charge in [-0.1, -0.05) is 17.7 Å². The molecule has 3 aromatic rings. The van der Waals surface area contributed by atoms with E-state index in [1.54, 1.807) is 16.8 Å². The summed E-state index contributed by atoms with van der Waals surface area (Å²) in [6.45, 7) is 2.18. The fourth-order valence-corrected chi connectivity index (χ4v) is 4.05. The van der Waals surface area contributed by atoms with Crippen molar-refractivity contribution in [2.75, 3.05) is 11.9 Å². The summed E-state index contributed by atoms with van der Waals surface area (Å²) in [7, 11) is 0. The highest BCUT2D eigenvalue weighted by molar-refractivity contribution is 9.10. The summed E-state index contributed by atoms with van der Waals surface area (Å²) in [5.41, 5.74) is 1.05. The Balaban J connectivity index is 1.68. The van der Waals surface area contributed by atoms with Crippen LogP contribution in [-0.2, 0) is 11.4 Å². The van der Waals surface area contributed by atoms with Crippen LogP contribution >= 0.6 is 27.5 Å². The second-order valence-corrected chi connectivity index (χ2v) is 7.81. The number of halogens is 3. The third-order valence-corrected chi connectivity index (χ3v) is 5.58. The van der Waals surface area contributed by atoms with Gasteiger partial charge in [0.1, 0.15) is 18.8 Å². The van der Waals surface area contributed by atoms with Gasteiger partial charge in [-0.15, -0.1) is 0 Å². The van der Waals surface area contributed by atoms with Gasteiger partial charge in [0.15, 0.2) is 11.5 Å². The predicted octanol–water partition coefficient (Wildman–Crippen LogP) is 4.74. The zero-order chi connectivity index (χ0) is 21.3. The maximum absolute atomic E-state index is 14.1. The van der Waals surface area contributed by atoms with Gasteiger partial charge in [0.2, 0.25) is 11.9 Å². The average molecular weight is 496 g/mol. The molecule has 2 aromatic carbocycles. The fraction of sp³-hybridized carbons (Fsp3) is 0.250. The minimum absolute atomic E-state index is 0.0669. The van der Waals surface area contributed by atoms with Crippen molar-refractivity contribution in [1.82, 2.24) is 14.8 Å². The normalized spacial score (nSPS) is 15.5. The van der Waals surface area contributed by atoms with E-state index >= 15 is 0 Å². The van der Waals surface area contributed by atoms with E-state index in [9.17, 15) is 9.18 Å². The molecule has 7 nitrogen and oxygen atoms in total. The van der Waals surface area contributed by atoms with Crippen LogP contribution in [0.5, 0.6) is 11.5 Å². The van der Waals surface area contributed by atoms with Crippen LogP contribution in [0, 0.1) is 5.82 Å². The monoisotopic (exact) mass is 494 g/mol. The van der Waals surface area contributed by atoms with E-state index in [1.165, 1.54) is 18.5 Å². The number of aromatic nitrogens is 3. The summed E-state index contributed by atoms with van der Waals surface area (Å²) >= 11 is 9.61. The molecule has 0 saturated carbocycles. The number of anilines is 1. The molecule has 156 valence electrons. The number of fused-ring (bicyclic) bond motifs is 1. The summed E-state index contributed by atoms with van der Waals surface area (Å²) in [5.74, 6) is 0.671. The number of nitrogens with zero attached hydrogens (tertiary/aromatic N) is 3. The Morgan fingerprint density at radius 2 is 2.20 bits per heavy atom. The van der Waals surface area contributed by atoms with E-state index in [0.29, 0.717) is 28.5 Å². The number of amides is 1. The molecule has 0 bridgehead atoms. The lowest BCUT2D eigenvalue weighted by atomic mass is 10.0. The zero-order valence-corrected chi connectivity index (χ0v) is 18.2. The lowest BCUT2D eigenvalue weighted by molar-refractivity contribution is -0.117. The molecule has 1 aliphatic heterocycles. The molecule has 0 saturated heterocycles. The van der Waals surface area contributed by atoms with E-state index < -0.39 is 5.82 Å². The standard InChI is InChI=1S/C20H17BrClFN4O3/c1-2-29-17-7-11(16-8-18(28)26-20-24-10-25-27(16)20)6-13(21)19(17)30-9-12-14(22)4-3-5-15(12)23/h3-7,10,16H,2,8-9H2,1H3,(H,24,25,26,28). The summed E-state index contributed by atoms with van der Waals surface area (Å²) in [5, 5.41) is 7.19. The highest BCUT2D eigenvalue weighted by Gasteiger charge is 2.29. The number of ether oxygens (including phenoxy) is 2. The van der Waals surface area contributed by atoms with Gasteiger partial charge in [-0.3, -0.25) is 10.1 Å². The van der Waals surface area contributed by atoms with Gasteiger partial charge in [-0.25, -0.2) is 9.07 Å². The van der Waals surface area contributed by atoms with E-state index in [1.807, 2.05) is 13.0 Å². The van der Waals surface area contributed by atoms with Gasteiger partial charge < -0.3 is 9.47 Å². The smallest absolute Gasteiger partial charge is 0.229 e. The molecular formula is C20H17BrClFN4O3. The number of hydrogen-bond donors (Lipinski definition) is 1. The van der Waals surface area contributed by atoms with Crippen LogP contribution in [0.25, 0.3) is 0 Å². The lowest BCUT2D eigenvalue weighted by Crippen LogP contribution is -2.29. The van der Waals surface area contributed by atoms with Gasteiger partial charge in [-0.05, 0) is 52.7 Å². The molecule has 0 fully saturated rings. The van der Waals surface area contributed by atoms with Crippen molar-refractivity contribution in [3.63, 3.8) is 0 Å². The molecular weight excluding hydrogens is 479 g/mol. The molecule has 1 aliphatic rings. The molecule has 1 atom stereocenters. The molecule has 0 spiro atoms. The fourth-order valence-electron chi connectivity index (χ4n) is 3.26. The Labute approximate surface area is 185 Å². The SMILES string of the molecule is CCOc1cc(C2CC(=O)Nc3ncnn32)cc(Br)c1OCc1c(F)cccc1Cl. The van der Waals surface area contributed by atoms with E-state index in [0.717, 1.165) is 5.56 Å². The van der Waals surface area contributed by atoms with Crippen LogP contribution in [0.4, 0.5) is 10.3 Å². The minimum atomic E-state index is -0.444. The molecule has 2 heterocycles. The maximum Gasteiger partial charge on any atom is 0.229 e. The van der Waals surface area contributed by atoms with E-state index in [4.69, 9.17) is 21.1 Å². The summed E-state index contributed by atoms with van der Waals surface area (Å²) < 4.78 is 28.0. The zero-order valence-electron chi connectivity index (χ0n) is 15.9. The predicted molar refractivity (Wildman–Crippen MR) is 112 cm³/mol. The van der Waals surface area contributed by atoms with E-state index in [2.05, 4.69) is 31.3 Å². The largest absolute Gasteiger partial charge is 0.490 e. The molecule has 1 aromatic heterocycles. The summed E-state index contributed by atoms with van der Waals surface area (Å²) in [6.07, 6.45) is 1.60. The first-order valence-electron chi connectivity index (χ1n) is 9.19. The Morgan fingerprint density at radius 3 is 2.97 bits per heavy atom. The summed E-state index contributed by atoms with van der Waals surface area (Å²) in [6, 6.07) is 7.75. The third kappa shape index (κ3) is 3.99. The molecule has 0 radical (unpaired) electrons. The molecule has 1 amide bonds. The first-order valence-corrected chi connectivity index (χ1v) is 10.4. The third-order valence-electron chi connectivity index (χ3n) is 4.64. The van der Waals surface area contributed by atoms with Gasteiger partial charge in [0.05, 0.1) is 28.6 Å². The number of rotatable bonds is 6. The highest BCUT2D eigenvalue weighted by atomic mass is 79.9. The first kappa shape index (κ1) is 20.6. The molecule has 0 aliphatic carbocycles. The number of carbonyl (C=O) groups is 1. The average Bonchev–Trinajstić information content (AvgIpc) is 3.17. The Hall–Kier alpha value is -2.65. The van der Waals surface area contributed by atoms with Crippen LogP contribution < -0.4 is 14.8 Å². The second kappa shape index (κ2) is 8.61. The molecule has 4 rings (SSSR count). The Kier molecular flexibility index (Phi) is 5.92. The van der Waals surface area contributed by atoms with Gasteiger partial charge >= 0.3 is 0 Å².